The van der Waals surface area contributed by atoms with E-state index < -0.39 is 0 Å². The van der Waals surface area contributed by atoms with Crippen molar-refractivity contribution in [3.8, 4) is 5.69 Å². The molecule has 0 spiro atoms. The molecule has 6 heteroatoms. The average molecular weight is 337 g/mol. The molecular formula is C19H23N5O. The Kier molecular flexibility index (Phi) is 5.40. The van der Waals surface area contributed by atoms with Crippen LogP contribution in [0.3, 0.4) is 0 Å². The number of nitrogen functional groups attached to an aromatic ring is 1. The van der Waals surface area contributed by atoms with Crippen molar-refractivity contribution < 1.29 is 4.79 Å². The first-order chi connectivity index (χ1) is 12.2. The molecule has 6 nitrogen and oxygen atoms in total. The molecule has 0 radical (unpaired) electrons. The number of piperidine rings is 1. The molecule has 25 heavy (non-hydrogen) atoms. The van der Waals surface area contributed by atoms with Crippen molar-refractivity contribution in [3.63, 3.8) is 0 Å². The van der Waals surface area contributed by atoms with Gasteiger partial charge in [-0.1, -0.05) is 6.42 Å². The van der Waals surface area contributed by atoms with Crippen LogP contribution >= 0.6 is 0 Å². The second kappa shape index (κ2) is 7.90. The lowest BCUT2D eigenvalue weighted by atomic mass is 10.1. The van der Waals surface area contributed by atoms with Gasteiger partial charge >= 0.3 is 0 Å². The third-order valence-electron chi connectivity index (χ3n) is 4.29. The topological polar surface area (TPSA) is 77.0 Å². The van der Waals surface area contributed by atoms with Crippen molar-refractivity contribution in [2.75, 3.05) is 25.9 Å². The van der Waals surface area contributed by atoms with E-state index in [1.165, 1.54) is 32.4 Å². The summed E-state index contributed by atoms with van der Waals surface area (Å²) >= 11 is 0. The summed E-state index contributed by atoms with van der Waals surface area (Å²) in [6.07, 6.45) is 11.8. The molecule has 0 unspecified atom stereocenters. The average Bonchev–Trinajstić information content (AvgIpc) is 3.06. The molecule has 1 saturated heterocycles. The lowest BCUT2D eigenvalue weighted by molar-refractivity contribution is 0.112. The number of carbonyl (C=O) groups is 1. The Morgan fingerprint density at radius 2 is 1.92 bits per heavy atom. The van der Waals surface area contributed by atoms with E-state index in [2.05, 4.69) is 21.9 Å². The molecule has 0 aromatic carbocycles. The molecule has 1 aliphatic rings. The zero-order chi connectivity index (χ0) is 17.6. The molecule has 2 N–H and O–H groups in total. The van der Waals surface area contributed by atoms with Gasteiger partial charge in [-0.3, -0.25) is 14.3 Å². The van der Waals surface area contributed by atoms with Crippen molar-refractivity contribution in [1.82, 2.24) is 19.4 Å². The van der Waals surface area contributed by atoms with Crippen molar-refractivity contribution >= 4 is 23.0 Å². The molecule has 0 atom stereocenters. The van der Waals surface area contributed by atoms with Gasteiger partial charge in [-0.15, -0.1) is 0 Å². The minimum atomic E-state index is 0.561. The molecule has 0 amide bonds. The van der Waals surface area contributed by atoms with Crippen molar-refractivity contribution in [1.29, 1.82) is 0 Å². The molecule has 4 heterocycles. The van der Waals surface area contributed by atoms with Gasteiger partial charge in [-0.05, 0) is 51.2 Å². The maximum atomic E-state index is 10.7. The summed E-state index contributed by atoms with van der Waals surface area (Å²) < 4.78 is 1.88. The van der Waals surface area contributed by atoms with E-state index in [9.17, 15) is 4.79 Å². The number of hydrogen-bond acceptors (Lipinski definition) is 5. The van der Waals surface area contributed by atoms with E-state index in [1.54, 1.807) is 24.7 Å². The summed E-state index contributed by atoms with van der Waals surface area (Å²) in [7, 11) is 2.19. The number of aromatic nitrogens is 3. The van der Waals surface area contributed by atoms with Gasteiger partial charge in [0.2, 0.25) is 0 Å². The van der Waals surface area contributed by atoms with E-state index >= 15 is 0 Å². The molecule has 0 saturated carbocycles. The van der Waals surface area contributed by atoms with Crippen molar-refractivity contribution in [3.05, 3.63) is 48.5 Å². The Morgan fingerprint density at radius 1 is 1.12 bits per heavy atom. The van der Waals surface area contributed by atoms with Crippen LogP contribution in [0.1, 0.15) is 29.6 Å². The molecule has 0 bridgehead atoms. The number of nitrogens with two attached hydrogens (primary N) is 1. The largest absolute Gasteiger partial charge is 0.397 e. The van der Waals surface area contributed by atoms with E-state index in [0.29, 0.717) is 11.3 Å². The number of fused-ring (bicyclic) bond motifs is 1. The van der Waals surface area contributed by atoms with Gasteiger partial charge in [0.25, 0.3) is 0 Å². The number of aldehydes is 1. The minimum Gasteiger partial charge on any atom is -0.397 e. The number of rotatable bonds is 2. The Hall–Kier alpha value is -2.73. The highest BCUT2D eigenvalue weighted by Gasteiger charge is 2.06. The van der Waals surface area contributed by atoms with Crippen LogP contribution in [0.25, 0.3) is 16.7 Å². The highest BCUT2D eigenvalue weighted by atomic mass is 16.1. The second-order valence-electron chi connectivity index (χ2n) is 6.33. The van der Waals surface area contributed by atoms with Crippen LogP contribution in [0.5, 0.6) is 0 Å². The summed E-state index contributed by atoms with van der Waals surface area (Å²) in [5, 5.41) is 0.905. The van der Waals surface area contributed by atoms with Crippen LogP contribution in [-0.4, -0.2) is 45.9 Å². The van der Waals surface area contributed by atoms with Gasteiger partial charge in [-0.25, -0.2) is 4.98 Å². The Morgan fingerprint density at radius 3 is 2.56 bits per heavy atom. The smallest absolute Gasteiger partial charge is 0.151 e. The highest BCUT2D eigenvalue weighted by Crippen LogP contribution is 2.19. The second-order valence-corrected chi connectivity index (χ2v) is 6.33. The lowest BCUT2D eigenvalue weighted by Crippen LogP contribution is -2.24. The summed E-state index contributed by atoms with van der Waals surface area (Å²) in [4.78, 5) is 21.4. The fourth-order valence-electron chi connectivity index (χ4n) is 2.94. The lowest BCUT2D eigenvalue weighted by Gasteiger charge is -2.20. The molecule has 4 rings (SSSR count). The standard InChI is InChI=1S/C13H10N4O.C6H13N/c14-11-4-12(7-15-6-11)17-2-1-10-3-9(8-18)5-16-13(10)17;1-7-5-3-2-4-6-7/h1-8H,14H2;2-6H2,1H3. The Labute approximate surface area is 147 Å². The number of hydrogen-bond donors (Lipinski definition) is 1. The first-order valence-corrected chi connectivity index (χ1v) is 8.49. The van der Waals surface area contributed by atoms with E-state index in [-0.39, 0.29) is 0 Å². The molecule has 3 aromatic heterocycles. The van der Waals surface area contributed by atoms with Crippen LogP contribution in [-0.2, 0) is 0 Å². The molecule has 3 aromatic rings. The van der Waals surface area contributed by atoms with Crippen LogP contribution in [0.4, 0.5) is 5.69 Å². The van der Waals surface area contributed by atoms with Crippen LogP contribution in [0.2, 0.25) is 0 Å². The quantitative estimate of drug-likeness (QED) is 0.728. The monoisotopic (exact) mass is 337 g/mol. The number of pyridine rings is 2. The van der Waals surface area contributed by atoms with Gasteiger partial charge in [0.05, 0.1) is 17.6 Å². The van der Waals surface area contributed by atoms with E-state index in [0.717, 1.165) is 23.0 Å². The number of nitrogens with zero attached hydrogens (tertiary/aromatic N) is 4. The third-order valence-corrected chi connectivity index (χ3v) is 4.29. The summed E-state index contributed by atoms with van der Waals surface area (Å²) in [5.41, 5.74) is 8.48. The molecule has 130 valence electrons. The normalized spacial score (nSPS) is 14.8. The van der Waals surface area contributed by atoms with E-state index in [1.807, 2.05) is 22.9 Å². The minimum absolute atomic E-state index is 0.561. The maximum Gasteiger partial charge on any atom is 0.151 e. The van der Waals surface area contributed by atoms with Crippen LogP contribution in [0, 0.1) is 0 Å². The number of carbonyl (C=O) groups excluding carboxylic acids is 1. The maximum absolute atomic E-state index is 10.7. The summed E-state index contributed by atoms with van der Waals surface area (Å²) in [6.45, 7) is 2.64. The predicted molar refractivity (Wildman–Crippen MR) is 100 cm³/mol. The fraction of sp³-hybridized carbons (Fsp3) is 0.316. The van der Waals surface area contributed by atoms with Gasteiger partial charge in [0.15, 0.2) is 6.29 Å². The van der Waals surface area contributed by atoms with Crippen molar-refractivity contribution in [2.45, 2.75) is 19.3 Å². The molecule has 1 fully saturated rings. The summed E-state index contributed by atoms with van der Waals surface area (Å²) in [5.74, 6) is 0. The Bertz CT molecular complexity index is 852. The van der Waals surface area contributed by atoms with Crippen molar-refractivity contribution in [2.24, 2.45) is 0 Å². The zero-order valence-corrected chi connectivity index (χ0v) is 14.4. The number of anilines is 1. The van der Waals surface area contributed by atoms with Gasteiger partial charge in [0, 0.05) is 29.5 Å². The van der Waals surface area contributed by atoms with Gasteiger partial charge in [-0.2, -0.15) is 0 Å². The fourth-order valence-corrected chi connectivity index (χ4v) is 2.94. The van der Waals surface area contributed by atoms with Gasteiger partial charge in [0.1, 0.15) is 5.65 Å². The van der Waals surface area contributed by atoms with Gasteiger partial charge < -0.3 is 10.6 Å². The summed E-state index contributed by atoms with van der Waals surface area (Å²) in [6, 6.07) is 5.52. The predicted octanol–water partition coefficient (Wildman–Crippen LogP) is 2.92. The zero-order valence-electron chi connectivity index (χ0n) is 14.4. The Balaban J connectivity index is 0.000000219. The first kappa shape index (κ1) is 17.1. The molecular weight excluding hydrogens is 314 g/mol. The molecule has 1 aliphatic heterocycles. The molecule has 0 aliphatic carbocycles. The van der Waals surface area contributed by atoms with E-state index in [4.69, 9.17) is 5.73 Å². The number of likely N-dealkylation sites (tertiary alicyclic amines) is 1. The third kappa shape index (κ3) is 4.22. The van der Waals surface area contributed by atoms with Crippen LogP contribution in [0.15, 0.2) is 43.0 Å². The highest BCUT2D eigenvalue weighted by molar-refractivity contribution is 5.85. The van der Waals surface area contributed by atoms with Crippen LogP contribution < -0.4 is 5.73 Å². The first-order valence-electron chi connectivity index (χ1n) is 8.49. The SMILES string of the molecule is CN1CCCCC1.Nc1cncc(-n2ccc3cc(C=O)cnc32)c1.